The molecule has 0 saturated carbocycles. The van der Waals surface area contributed by atoms with E-state index in [4.69, 9.17) is 0 Å². The van der Waals surface area contributed by atoms with Crippen LogP contribution in [0.15, 0.2) is 18.2 Å². The van der Waals surface area contributed by atoms with Gasteiger partial charge in [0.25, 0.3) is 0 Å². The number of phenolic OH excluding ortho intramolecular Hbond substituents is 2. The summed E-state index contributed by atoms with van der Waals surface area (Å²) in [6.07, 6.45) is 3.46. The molecule has 1 aliphatic heterocycles. The van der Waals surface area contributed by atoms with E-state index < -0.39 is 0 Å². The number of nitrogens with zero attached hydrogens (tertiary/aromatic N) is 1. The molecule has 1 heterocycles. The van der Waals surface area contributed by atoms with Crippen LogP contribution in [-0.4, -0.2) is 40.8 Å². The Bertz CT molecular complexity index is 408. The molecule has 112 valence electrons. The van der Waals surface area contributed by atoms with E-state index in [-0.39, 0.29) is 17.5 Å². The van der Waals surface area contributed by atoms with E-state index in [0.717, 1.165) is 25.9 Å². The Morgan fingerprint density at radius 2 is 1.85 bits per heavy atom. The molecule has 3 N–H and O–H groups in total. The number of aromatic hydroxyl groups is 2. The number of piperidine rings is 1. The van der Waals surface area contributed by atoms with Crippen LogP contribution in [0.25, 0.3) is 0 Å². The summed E-state index contributed by atoms with van der Waals surface area (Å²) in [5, 5.41) is 23.3. The van der Waals surface area contributed by atoms with Crippen LogP contribution < -0.4 is 5.32 Å². The average molecular weight is 278 g/mol. The van der Waals surface area contributed by atoms with Gasteiger partial charge in [0.2, 0.25) is 0 Å². The van der Waals surface area contributed by atoms with Gasteiger partial charge in [-0.1, -0.05) is 13.0 Å². The topological polar surface area (TPSA) is 55.7 Å². The molecule has 4 nitrogen and oxygen atoms in total. The van der Waals surface area contributed by atoms with E-state index in [0.29, 0.717) is 11.6 Å². The highest BCUT2D eigenvalue weighted by Gasteiger charge is 2.22. The first-order chi connectivity index (χ1) is 9.61. The molecule has 0 aliphatic carbocycles. The fourth-order valence-electron chi connectivity index (χ4n) is 3.06. The Morgan fingerprint density at radius 3 is 2.40 bits per heavy atom. The van der Waals surface area contributed by atoms with Gasteiger partial charge in [0.1, 0.15) is 11.5 Å². The Kier molecular flexibility index (Phi) is 5.26. The predicted molar refractivity (Wildman–Crippen MR) is 81.1 cm³/mol. The second kappa shape index (κ2) is 6.95. The van der Waals surface area contributed by atoms with Crippen molar-refractivity contribution in [1.29, 1.82) is 0 Å². The van der Waals surface area contributed by atoms with Crippen LogP contribution in [0.2, 0.25) is 0 Å². The molecule has 1 fully saturated rings. The molecule has 1 aromatic rings. The van der Waals surface area contributed by atoms with E-state index in [1.807, 2.05) is 6.92 Å². The number of likely N-dealkylation sites (tertiary alicyclic amines) is 1. The summed E-state index contributed by atoms with van der Waals surface area (Å²) in [7, 11) is 0. The lowest BCUT2D eigenvalue weighted by atomic mass is 10.0. The fourth-order valence-corrected chi connectivity index (χ4v) is 3.06. The summed E-state index contributed by atoms with van der Waals surface area (Å²) in [6.45, 7) is 7.65. The monoisotopic (exact) mass is 278 g/mol. The Balaban J connectivity index is 1.91. The third-order valence-corrected chi connectivity index (χ3v) is 4.11. The molecule has 0 bridgehead atoms. The second-order valence-corrected chi connectivity index (χ2v) is 5.71. The average Bonchev–Trinajstić information content (AvgIpc) is 2.41. The van der Waals surface area contributed by atoms with Gasteiger partial charge in [-0.3, -0.25) is 0 Å². The fraction of sp³-hybridized carbons (Fsp3) is 0.625. The first-order valence-electron chi connectivity index (χ1n) is 7.61. The molecule has 1 unspecified atom stereocenters. The van der Waals surface area contributed by atoms with Crippen molar-refractivity contribution in [3.8, 4) is 11.5 Å². The van der Waals surface area contributed by atoms with Gasteiger partial charge >= 0.3 is 0 Å². The quantitative estimate of drug-likeness (QED) is 0.775. The summed E-state index contributed by atoms with van der Waals surface area (Å²) in [4.78, 5) is 2.50. The van der Waals surface area contributed by atoms with Gasteiger partial charge in [-0.2, -0.15) is 0 Å². The zero-order valence-corrected chi connectivity index (χ0v) is 12.5. The molecular formula is C16H26N2O2. The van der Waals surface area contributed by atoms with Crippen molar-refractivity contribution < 1.29 is 10.2 Å². The van der Waals surface area contributed by atoms with Crippen molar-refractivity contribution in [3.05, 3.63) is 23.8 Å². The Labute approximate surface area is 121 Å². The highest BCUT2D eigenvalue weighted by Crippen LogP contribution is 2.32. The van der Waals surface area contributed by atoms with Crippen molar-refractivity contribution in [1.82, 2.24) is 10.2 Å². The minimum absolute atomic E-state index is 0.0427. The van der Waals surface area contributed by atoms with Crippen LogP contribution in [0, 0.1) is 0 Å². The van der Waals surface area contributed by atoms with E-state index in [1.54, 1.807) is 18.2 Å². The van der Waals surface area contributed by atoms with Crippen LogP contribution in [-0.2, 0) is 0 Å². The van der Waals surface area contributed by atoms with Crippen LogP contribution in [0.5, 0.6) is 11.5 Å². The van der Waals surface area contributed by atoms with Crippen LogP contribution in [0.4, 0.5) is 0 Å². The van der Waals surface area contributed by atoms with Gasteiger partial charge in [-0.05, 0) is 58.0 Å². The van der Waals surface area contributed by atoms with Crippen molar-refractivity contribution in [3.63, 3.8) is 0 Å². The maximum absolute atomic E-state index is 9.90. The lowest BCUT2D eigenvalue weighted by molar-refractivity contribution is 0.192. The first-order valence-corrected chi connectivity index (χ1v) is 7.61. The Morgan fingerprint density at radius 1 is 1.25 bits per heavy atom. The molecule has 1 aromatic carbocycles. The third-order valence-electron chi connectivity index (χ3n) is 4.11. The van der Waals surface area contributed by atoms with E-state index >= 15 is 0 Å². The van der Waals surface area contributed by atoms with Crippen LogP contribution in [0.1, 0.15) is 44.7 Å². The summed E-state index contributed by atoms with van der Waals surface area (Å²) in [5.41, 5.74) is 0.600. The molecule has 2 rings (SSSR count). The van der Waals surface area contributed by atoms with Gasteiger partial charge in [0.05, 0.1) is 5.56 Å². The molecule has 20 heavy (non-hydrogen) atoms. The minimum Gasteiger partial charge on any atom is -0.507 e. The lowest BCUT2D eigenvalue weighted by Gasteiger charge is -2.34. The summed E-state index contributed by atoms with van der Waals surface area (Å²) in [6, 6.07) is 5.31. The molecule has 1 atom stereocenters. The predicted octanol–water partition coefficient (Wildman–Crippen LogP) is 2.62. The maximum Gasteiger partial charge on any atom is 0.124 e. The molecule has 1 aliphatic rings. The zero-order valence-electron chi connectivity index (χ0n) is 12.5. The van der Waals surface area contributed by atoms with Crippen LogP contribution >= 0.6 is 0 Å². The number of rotatable bonds is 5. The first kappa shape index (κ1) is 15.1. The standard InChI is InChI=1S/C16H26N2O2/c1-3-9-18-10-7-13(8-11-18)17-12(2)16-14(19)5-4-6-15(16)20/h4-6,12-13,17,19-20H,3,7-11H2,1-2H3. The van der Waals surface area contributed by atoms with Crippen LogP contribution in [0.3, 0.4) is 0 Å². The molecular weight excluding hydrogens is 252 g/mol. The SMILES string of the molecule is CCCN1CCC(NC(C)c2c(O)cccc2O)CC1. The molecule has 0 radical (unpaired) electrons. The zero-order chi connectivity index (χ0) is 14.5. The molecule has 0 amide bonds. The maximum atomic E-state index is 9.90. The highest BCUT2D eigenvalue weighted by molar-refractivity contribution is 5.44. The third kappa shape index (κ3) is 3.64. The number of nitrogens with one attached hydrogen (secondary N) is 1. The summed E-state index contributed by atoms with van der Waals surface area (Å²) in [5.74, 6) is 0.321. The van der Waals surface area contributed by atoms with Crippen molar-refractivity contribution in [2.75, 3.05) is 19.6 Å². The smallest absolute Gasteiger partial charge is 0.124 e. The molecule has 4 heteroatoms. The molecule has 1 saturated heterocycles. The number of phenols is 2. The number of hydrogen-bond donors (Lipinski definition) is 3. The van der Waals surface area contributed by atoms with Gasteiger partial charge in [-0.25, -0.2) is 0 Å². The largest absolute Gasteiger partial charge is 0.507 e. The van der Waals surface area contributed by atoms with E-state index in [9.17, 15) is 10.2 Å². The number of hydrogen-bond acceptors (Lipinski definition) is 4. The van der Waals surface area contributed by atoms with E-state index in [2.05, 4.69) is 17.1 Å². The Hall–Kier alpha value is -1.26. The van der Waals surface area contributed by atoms with E-state index in [1.165, 1.54) is 13.0 Å². The van der Waals surface area contributed by atoms with Gasteiger partial charge in [0.15, 0.2) is 0 Å². The van der Waals surface area contributed by atoms with Crippen molar-refractivity contribution >= 4 is 0 Å². The van der Waals surface area contributed by atoms with Crippen molar-refractivity contribution in [2.45, 2.75) is 45.2 Å². The minimum atomic E-state index is -0.0427. The second-order valence-electron chi connectivity index (χ2n) is 5.71. The van der Waals surface area contributed by atoms with Gasteiger partial charge in [-0.15, -0.1) is 0 Å². The summed E-state index contributed by atoms with van der Waals surface area (Å²) < 4.78 is 0. The highest BCUT2D eigenvalue weighted by atomic mass is 16.3. The summed E-state index contributed by atoms with van der Waals surface area (Å²) >= 11 is 0. The molecule has 0 aromatic heterocycles. The van der Waals surface area contributed by atoms with Crippen molar-refractivity contribution in [2.24, 2.45) is 0 Å². The van der Waals surface area contributed by atoms with Gasteiger partial charge < -0.3 is 20.4 Å². The van der Waals surface area contributed by atoms with Gasteiger partial charge in [0, 0.05) is 12.1 Å². The lowest BCUT2D eigenvalue weighted by Crippen LogP contribution is -2.43. The number of benzene rings is 1. The normalized spacial score (nSPS) is 19.1. The molecule has 0 spiro atoms.